The van der Waals surface area contributed by atoms with Crippen LogP contribution in [0.4, 0.5) is 0 Å². The Labute approximate surface area is 221 Å². The Morgan fingerprint density at radius 1 is 1.00 bits per heavy atom. The second-order valence-electron chi connectivity index (χ2n) is 7.55. The van der Waals surface area contributed by atoms with E-state index in [1.807, 2.05) is 47.9 Å². The van der Waals surface area contributed by atoms with Crippen molar-refractivity contribution >= 4 is 46.6 Å². The van der Waals surface area contributed by atoms with Gasteiger partial charge in [-0.05, 0) is 54.4 Å². The first kappa shape index (κ1) is 25.3. The van der Waals surface area contributed by atoms with Crippen LogP contribution in [0.5, 0.6) is 5.75 Å². The van der Waals surface area contributed by atoms with Gasteiger partial charge in [0, 0.05) is 10.6 Å². The van der Waals surface area contributed by atoms with Gasteiger partial charge in [-0.2, -0.15) is 0 Å². The minimum Gasteiger partial charge on any atom is -0.487 e. The fraction of sp³-hybridized carbons (Fsp3) is 0.167. The SMILES string of the molecule is Cc1nnc(S[C@H](C[N+](=O)[O-])c2ccc(OCc3ccc(Cl)c(Cl)c3)c(Cl)c2)n1-c1ccccc1. The van der Waals surface area contributed by atoms with Crippen LogP contribution in [0.15, 0.2) is 71.9 Å². The second-order valence-corrected chi connectivity index (χ2v) is 9.94. The molecule has 0 fully saturated rings. The van der Waals surface area contributed by atoms with Crippen molar-refractivity contribution in [2.24, 2.45) is 0 Å². The zero-order chi connectivity index (χ0) is 24.9. The van der Waals surface area contributed by atoms with Crippen molar-refractivity contribution in [1.82, 2.24) is 14.8 Å². The molecule has 0 N–H and O–H groups in total. The fourth-order valence-corrected chi connectivity index (χ4v) is 5.12. The van der Waals surface area contributed by atoms with Gasteiger partial charge >= 0.3 is 0 Å². The molecule has 0 aliphatic rings. The summed E-state index contributed by atoms with van der Waals surface area (Å²) in [6.07, 6.45) is 0. The topological polar surface area (TPSA) is 83.1 Å². The summed E-state index contributed by atoms with van der Waals surface area (Å²) in [5, 5.41) is 21.2. The van der Waals surface area contributed by atoms with Crippen molar-refractivity contribution in [2.75, 3.05) is 6.54 Å². The lowest BCUT2D eigenvalue weighted by atomic mass is 10.1. The van der Waals surface area contributed by atoms with Crippen molar-refractivity contribution in [1.29, 1.82) is 0 Å². The number of hydrogen-bond acceptors (Lipinski definition) is 6. The van der Waals surface area contributed by atoms with Crippen LogP contribution < -0.4 is 4.74 Å². The molecule has 0 radical (unpaired) electrons. The first-order chi connectivity index (χ1) is 16.8. The van der Waals surface area contributed by atoms with Gasteiger partial charge in [-0.1, -0.05) is 76.9 Å². The van der Waals surface area contributed by atoms with Crippen LogP contribution in [-0.4, -0.2) is 26.2 Å². The molecule has 0 bridgehead atoms. The molecule has 1 aromatic heterocycles. The lowest BCUT2D eigenvalue weighted by molar-refractivity contribution is -0.479. The summed E-state index contributed by atoms with van der Waals surface area (Å²) < 4.78 is 7.70. The molecule has 0 aliphatic heterocycles. The Morgan fingerprint density at radius 2 is 1.77 bits per heavy atom. The maximum Gasteiger partial charge on any atom is 0.220 e. The number of aromatic nitrogens is 3. The molecule has 1 atom stereocenters. The molecular formula is C24H19Cl3N4O3S. The van der Waals surface area contributed by atoms with E-state index in [-0.39, 0.29) is 18.1 Å². The van der Waals surface area contributed by atoms with E-state index in [1.165, 1.54) is 11.8 Å². The Bertz CT molecular complexity index is 1350. The Morgan fingerprint density at radius 3 is 2.46 bits per heavy atom. The smallest absolute Gasteiger partial charge is 0.220 e. The van der Waals surface area contributed by atoms with E-state index in [4.69, 9.17) is 39.5 Å². The minimum atomic E-state index is -0.544. The molecule has 0 unspecified atom stereocenters. The molecule has 0 spiro atoms. The van der Waals surface area contributed by atoms with Crippen LogP contribution in [-0.2, 0) is 6.61 Å². The van der Waals surface area contributed by atoms with Crippen molar-refractivity contribution in [3.05, 3.63) is 109 Å². The summed E-state index contributed by atoms with van der Waals surface area (Å²) in [5.74, 6) is 1.14. The molecule has 1 heterocycles. The van der Waals surface area contributed by atoms with Gasteiger partial charge < -0.3 is 4.74 Å². The maximum atomic E-state index is 11.5. The number of hydrogen-bond donors (Lipinski definition) is 0. The van der Waals surface area contributed by atoms with Gasteiger partial charge in [-0.15, -0.1) is 10.2 Å². The van der Waals surface area contributed by atoms with Gasteiger partial charge in [-0.25, -0.2) is 0 Å². The van der Waals surface area contributed by atoms with Crippen LogP contribution in [0, 0.1) is 17.0 Å². The number of thioether (sulfide) groups is 1. The minimum absolute atomic E-state index is 0.239. The van der Waals surface area contributed by atoms with Gasteiger partial charge in [0.1, 0.15) is 23.4 Å². The van der Waals surface area contributed by atoms with E-state index in [2.05, 4.69) is 10.2 Å². The highest BCUT2D eigenvalue weighted by atomic mass is 35.5. The first-order valence-electron chi connectivity index (χ1n) is 10.4. The van der Waals surface area contributed by atoms with Gasteiger partial charge in [0.25, 0.3) is 0 Å². The summed E-state index contributed by atoms with van der Waals surface area (Å²) in [6.45, 7) is 1.76. The molecular weight excluding hydrogens is 531 g/mol. The number of rotatable bonds is 9. The molecule has 7 nitrogen and oxygen atoms in total. The van der Waals surface area contributed by atoms with Crippen LogP contribution in [0.3, 0.4) is 0 Å². The zero-order valence-electron chi connectivity index (χ0n) is 18.4. The van der Waals surface area contributed by atoms with Gasteiger partial charge in [-0.3, -0.25) is 14.7 Å². The molecule has 11 heteroatoms. The van der Waals surface area contributed by atoms with Gasteiger partial charge in [0.15, 0.2) is 5.16 Å². The number of halogens is 3. The first-order valence-corrected chi connectivity index (χ1v) is 12.4. The number of ether oxygens (including phenoxy) is 1. The Balaban J connectivity index is 1.56. The highest BCUT2D eigenvalue weighted by molar-refractivity contribution is 7.99. The fourth-order valence-electron chi connectivity index (χ4n) is 3.39. The van der Waals surface area contributed by atoms with Crippen molar-refractivity contribution in [2.45, 2.75) is 23.9 Å². The normalized spacial score (nSPS) is 11.9. The van der Waals surface area contributed by atoms with E-state index in [0.717, 1.165) is 11.3 Å². The number of benzene rings is 3. The van der Waals surface area contributed by atoms with Crippen molar-refractivity contribution in [3.8, 4) is 11.4 Å². The van der Waals surface area contributed by atoms with Gasteiger partial charge in [0.2, 0.25) is 6.54 Å². The third kappa shape index (κ3) is 6.27. The predicted molar refractivity (Wildman–Crippen MR) is 139 cm³/mol. The number of nitrogens with zero attached hydrogens (tertiary/aromatic N) is 4. The van der Waals surface area contributed by atoms with Crippen molar-refractivity contribution in [3.63, 3.8) is 0 Å². The summed E-state index contributed by atoms with van der Waals surface area (Å²) >= 11 is 19.8. The standard InChI is InChI=1S/C24H19Cl3N4O3S/c1-15-28-29-24(31(15)18-5-3-2-4-6-18)35-23(13-30(32)33)17-8-10-22(21(27)12-17)34-14-16-7-9-19(25)20(26)11-16/h2-12,23H,13-14H2,1H3/t23-/m1/s1. The molecule has 180 valence electrons. The molecule has 0 saturated heterocycles. The second kappa shape index (κ2) is 11.3. The lowest BCUT2D eigenvalue weighted by Crippen LogP contribution is -2.11. The van der Waals surface area contributed by atoms with E-state index in [0.29, 0.717) is 37.4 Å². The summed E-state index contributed by atoms with van der Waals surface area (Å²) in [7, 11) is 0. The molecule has 0 aliphatic carbocycles. The molecule has 4 rings (SSSR count). The monoisotopic (exact) mass is 548 g/mol. The molecule has 3 aromatic carbocycles. The lowest BCUT2D eigenvalue weighted by Gasteiger charge is -2.16. The van der Waals surface area contributed by atoms with E-state index in [9.17, 15) is 10.1 Å². The third-order valence-electron chi connectivity index (χ3n) is 5.08. The molecule has 0 amide bonds. The van der Waals surface area contributed by atoms with Crippen LogP contribution in [0.2, 0.25) is 15.1 Å². The van der Waals surface area contributed by atoms with E-state index < -0.39 is 5.25 Å². The van der Waals surface area contributed by atoms with Gasteiger partial charge in [0.05, 0.1) is 15.1 Å². The summed E-state index contributed by atoms with van der Waals surface area (Å²) in [5.41, 5.74) is 2.39. The zero-order valence-corrected chi connectivity index (χ0v) is 21.5. The quantitative estimate of drug-likeness (QED) is 0.124. The van der Waals surface area contributed by atoms with E-state index in [1.54, 1.807) is 30.3 Å². The maximum absolute atomic E-state index is 11.5. The average Bonchev–Trinajstić information content (AvgIpc) is 3.20. The Kier molecular flexibility index (Phi) is 8.18. The molecule has 4 aromatic rings. The highest BCUT2D eigenvalue weighted by Crippen LogP contribution is 2.38. The van der Waals surface area contributed by atoms with Crippen LogP contribution in [0.1, 0.15) is 22.2 Å². The molecule has 0 saturated carbocycles. The highest BCUT2D eigenvalue weighted by Gasteiger charge is 2.24. The van der Waals surface area contributed by atoms with Crippen molar-refractivity contribution < 1.29 is 9.66 Å². The number of para-hydroxylation sites is 1. The number of aryl methyl sites for hydroxylation is 1. The summed E-state index contributed by atoms with van der Waals surface area (Å²) in [6, 6.07) is 20.0. The largest absolute Gasteiger partial charge is 0.487 e. The van der Waals surface area contributed by atoms with E-state index >= 15 is 0 Å². The Hall–Kier alpha value is -2.78. The van der Waals surface area contributed by atoms with Crippen LogP contribution >= 0.6 is 46.6 Å². The summed E-state index contributed by atoms with van der Waals surface area (Å²) in [4.78, 5) is 11.1. The predicted octanol–water partition coefficient (Wildman–Crippen LogP) is 7.23. The molecule has 35 heavy (non-hydrogen) atoms. The average molecular weight is 550 g/mol. The third-order valence-corrected chi connectivity index (χ3v) is 7.29. The van der Waals surface area contributed by atoms with Crippen LogP contribution in [0.25, 0.3) is 5.69 Å². The number of nitro groups is 1.